The maximum atomic E-state index is 13.2. The molecule has 17 heavy (non-hydrogen) atoms. The van der Waals surface area contributed by atoms with Crippen LogP contribution in [-0.4, -0.2) is 25.2 Å². The van der Waals surface area contributed by atoms with E-state index in [-0.39, 0.29) is 11.9 Å². The van der Waals surface area contributed by atoms with Crippen LogP contribution in [-0.2, 0) is 0 Å². The second-order valence-electron chi connectivity index (χ2n) is 3.74. The highest BCUT2D eigenvalue weighted by Gasteiger charge is 2.11. The van der Waals surface area contributed by atoms with Gasteiger partial charge in [0.2, 0.25) is 0 Å². The van der Waals surface area contributed by atoms with Gasteiger partial charge in [-0.05, 0) is 37.9 Å². The van der Waals surface area contributed by atoms with Crippen molar-refractivity contribution in [3.05, 3.63) is 29.6 Å². The molecule has 0 aliphatic carbocycles. The van der Waals surface area contributed by atoms with E-state index in [0.29, 0.717) is 6.61 Å². The standard InChI is InChI=1S/C13H20FNOS/c1-4-17-8-7-16-13-6-5-11(14)9-12(13)10(2)15-3/h5-6,9-10,15H,4,7-8H2,1-3H3. The quantitative estimate of drug-likeness (QED) is 0.758. The Balaban J connectivity index is 2.69. The Bertz CT molecular complexity index is 346. The lowest BCUT2D eigenvalue weighted by Gasteiger charge is -2.16. The smallest absolute Gasteiger partial charge is 0.124 e. The molecule has 0 bridgehead atoms. The molecule has 0 saturated heterocycles. The Kier molecular flexibility index (Phi) is 6.37. The summed E-state index contributed by atoms with van der Waals surface area (Å²) in [6, 6.07) is 4.76. The first-order valence-electron chi connectivity index (χ1n) is 5.86. The number of rotatable bonds is 7. The van der Waals surface area contributed by atoms with Gasteiger partial charge in [-0.2, -0.15) is 11.8 Å². The average Bonchev–Trinajstić information content (AvgIpc) is 2.35. The maximum absolute atomic E-state index is 13.2. The van der Waals surface area contributed by atoms with E-state index in [1.165, 1.54) is 12.1 Å². The fourth-order valence-corrected chi connectivity index (χ4v) is 1.99. The molecule has 0 aliphatic rings. The Morgan fingerprint density at radius 1 is 1.47 bits per heavy atom. The largest absolute Gasteiger partial charge is 0.492 e. The number of benzene rings is 1. The fraction of sp³-hybridized carbons (Fsp3) is 0.538. The highest BCUT2D eigenvalue weighted by atomic mass is 32.2. The Morgan fingerprint density at radius 2 is 2.24 bits per heavy atom. The molecule has 0 radical (unpaired) electrons. The number of halogens is 1. The van der Waals surface area contributed by atoms with E-state index in [2.05, 4.69) is 12.2 Å². The van der Waals surface area contributed by atoms with Crippen molar-refractivity contribution in [2.24, 2.45) is 0 Å². The van der Waals surface area contributed by atoms with Crippen molar-refractivity contribution >= 4 is 11.8 Å². The number of hydrogen-bond acceptors (Lipinski definition) is 3. The highest BCUT2D eigenvalue weighted by molar-refractivity contribution is 7.99. The third-order valence-electron chi connectivity index (χ3n) is 2.56. The van der Waals surface area contributed by atoms with Crippen LogP contribution in [0.5, 0.6) is 5.75 Å². The molecule has 96 valence electrons. The monoisotopic (exact) mass is 257 g/mol. The molecule has 1 N–H and O–H groups in total. The minimum atomic E-state index is -0.225. The Labute approximate surface area is 107 Å². The average molecular weight is 257 g/mol. The number of hydrogen-bond donors (Lipinski definition) is 1. The predicted octanol–water partition coefficient (Wildman–Crippen LogP) is 3.24. The van der Waals surface area contributed by atoms with Crippen molar-refractivity contribution in [1.29, 1.82) is 0 Å². The molecular formula is C13H20FNOS. The van der Waals surface area contributed by atoms with Crippen LogP contribution in [0.3, 0.4) is 0 Å². The molecule has 1 unspecified atom stereocenters. The summed E-state index contributed by atoms with van der Waals surface area (Å²) < 4.78 is 18.9. The number of thioether (sulfide) groups is 1. The van der Waals surface area contributed by atoms with E-state index in [4.69, 9.17) is 4.74 Å². The van der Waals surface area contributed by atoms with Crippen LogP contribution in [0.25, 0.3) is 0 Å². The summed E-state index contributed by atoms with van der Waals surface area (Å²) in [5.41, 5.74) is 0.869. The summed E-state index contributed by atoms with van der Waals surface area (Å²) >= 11 is 1.84. The molecule has 1 aromatic rings. The van der Waals surface area contributed by atoms with Crippen molar-refractivity contribution in [3.63, 3.8) is 0 Å². The van der Waals surface area contributed by atoms with Gasteiger partial charge in [-0.15, -0.1) is 0 Å². The first-order chi connectivity index (χ1) is 8.19. The van der Waals surface area contributed by atoms with Crippen LogP contribution < -0.4 is 10.1 Å². The molecule has 0 aromatic heterocycles. The SMILES string of the molecule is CCSCCOc1ccc(F)cc1C(C)NC. The second kappa shape index (κ2) is 7.56. The summed E-state index contributed by atoms with van der Waals surface area (Å²) in [6.45, 7) is 4.77. The van der Waals surface area contributed by atoms with Crippen molar-refractivity contribution in [3.8, 4) is 5.75 Å². The van der Waals surface area contributed by atoms with Crippen LogP contribution >= 0.6 is 11.8 Å². The zero-order valence-electron chi connectivity index (χ0n) is 10.6. The van der Waals surface area contributed by atoms with Crippen LogP contribution in [0.2, 0.25) is 0 Å². The lowest BCUT2D eigenvalue weighted by atomic mass is 10.1. The van der Waals surface area contributed by atoms with E-state index in [9.17, 15) is 4.39 Å². The minimum Gasteiger partial charge on any atom is -0.492 e. The molecule has 2 nitrogen and oxygen atoms in total. The van der Waals surface area contributed by atoms with Gasteiger partial charge in [0, 0.05) is 17.4 Å². The normalized spacial score (nSPS) is 12.5. The van der Waals surface area contributed by atoms with Gasteiger partial charge in [-0.1, -0.05) is 6.92 Å². The van der Waals surface area contributed by atoms with Crippen LogP contribution in [0, 0.1) is 5.82 Å². The Morgan fingerprint density at radius 3 is 2.88 bits per heavy atom. The summed E-state index contributed by atoms with van der Waals surface area (Å²) in [4.78, 5) is 0. The van der Waals surface area contributed by atoms with Gasteiger partial charge in [-0.25, -0.2) is 4.39 Å². The van der Waals surface area contributed by atoms with Gasteiger partial charge in [0.1, 0.15) is 11.6 Å². The third kappa shape index (κ3) is 4.56. The molecule has 0 amide bonds. The Hall–Kier alpha value is -0.740. The van der Waals surface area contributed by atoms with Gasteiger partial charge in [0.15, 0.2) is 0 Å². The van der Waals surface area contributed by atoms with E-state index in [0.717, 1.165) is 22.8 Å². The molecule has 0 heterocycles. The van der Waals surface area contributed by atoms with Crippen LogP contribution in [0.15, 0.2) is 18.2 Å². The topological polar surface area (TPSA) is 21.3 Å². The molecule has 0 spiro atoms. The maximum Gasteiger partial charge on any atom is 0.124 e. The number of ether oxygens (including phenoxy) is 1. The summed E-state index contributed by atoms with van der Waals surface area (Å²) in [5, 5.41) is 3.10. The molecule has 1 atom stereocenters. The van der Waals surface area contributed by atoms with Gasteiger partial charge in [0.25, 0.3) is 0 Å². The molecule has 4 heteroatoms. The molecule has 0 fully saturated rings. The van der Waals surface area contributed by atoms with Crippen LogP contribution in [0.4, 0.5) is 4.39 Å². The first-order valence-corrected chi connectivity index (χ1v) is 7.01. The molecule has 1 aromatic carbocycles. The number of nitrogens with one attached hydrogen (secondary N) is 1. The molecule has 1 rings (SSSR count). The summed E-state index contributed by atoms with van der Waals surface area (Å²) in [6.07, 6.45) is 0. The fourth-order valence-electron chi connectivity index (χ4n) is 1.50. The van der Waals surface area contributed by atoms with Crippen LogP contribution in [0.1, 0.15) is 25.5 Å². The van der Waals surface area contributed by atoms with Gasteiger partial charge in [-0.3, -0.25) is 0 Å². The van der Waals surface area contributed by atoms with E-state index in [1.807, 2.05) is 25.7 Å². The summed E-state index contributed by atoms with van der Waals surface area (Å²) in [7, 11) is 1.85. The van der Waals surface area contributed by atoms with Crippen molar-refractivity contribution in [2.45, 2.75) is 19.9 Å². The van der Waals surface area contributed by atoms with E-state index in [1.54, 1.807) is 6.07 Å². The lowest BCUT2D eigenvalue weighted by Crippen LogP contribution is -2.14. The van der Waals surface area contributed by atoms with Gasteiger partial charge < -0.3 is 10.1 Å². The van der Waals surface area contributed by atoms with Crippen molar-refractivity contribution < 1.29 is 9.13 Å². The molecular weight excluding hydrogens is 237 g/mol. The zero-order chi connectivity index (χ0) is 12.7. The van der Waals surface area contributed by atoms with Crippen molar-refractivity contribution in [1.82, 2.24) is 5.32 Å². The van der Waals surface area contributed by atoms with Crippen molar-refractivity contribution in [2.75, 3.05) is 25.2 Å². The molecule has 0 saturated carbocycles. The zero-order valence-corrected chi connectivity index (χ0v) is 11.4. The van der Waals surface area contributed by atoms with Gasteiger partial charge >= 0.3 is 0 Å². The third-order valence-corrected chi connectivity index (χ3v) is 3.42. The minimum absolute atomic E-state index is 0.0829. The van der Waals surface area contributed by atoms with Gasteiger partial charge in [0.05, 0.1) is 6.61 Å². The highest BCUT2D eigenvalue weighted by Crippen LogP contribution is 2.26. The van der Waals surface area contributed by atoms with E-state index >= 15 is 0 Å². The molecule has 0 aliphatic heterocycles. The lowest BCUT2D eigenvalue weighted by molar-refractivity contribution is 0.336. The summed E-state index contributed by atoms with van der Waals surface area (Å²) in [5.74, 6) is 2.59. The predicted molar refractivity (Wildman–Crippen MR) is 72.4 cm³/mol. The second-order valence-corrected chi connectivity index (χ2v) is 5.13. The first kappa shape index (κ1) is 14.3. The van der Waals surface area contributed by atoms with E-state index < -0.39 is 0 Å².